The van der Waals surface area contributed by atoms with Gasteiger partial charge in [0.1, 0.15) is 5.75 Å². The molecule has 6 heteroatoms. The highest BCUT2D eigenvalue weighted by atomic mass is 32.2. The monoisotopic (exact) mass is 436 g/mol. The number of aryl methyl sites for hydroxylation is 1. The minimum Gasteiger partial charge on any atom is -0.507 e. The SMILES string of the molecule is CCOC(=O)c1c(CSc2ccccc2)n(C)c2cc(C3=CCN(C)CC3)c(O)cc12. The number of hydrogen-bond acceptors (Lipinski definition) is 5. The van der Waals surface area contributed by atoms with Crippen LogP contribution in [0.25, 0.3) is 16.5 Å². The van der Waals surface area contributed by atoms with Crippen LogP contribution in [0.5, 0.6) is 5.75 Å². The molecule has 5 nitrogen and oxygen atoms in total. The van der Waals surface area contributed by atoms with Crippen molar-refractivity contribution in [2.75, 3.05) is 26.7 Å². The van der Waals surface area contributed by atoms with E-state index in [9.17, 15) is 9.90 Å². The summed E-state index contributed by atoms with van der Waals surface area (Å²) in [4.78, 5) is 16.3. The summed E-state index contributed by atoms with van der Waals surface area (Å²) in [6, 6.07) is 13.9. The molecule has 0 amide bonds. The van der Waals surface area contributed by atoms with Crippen LogP contribution in [0.4, 0.5) is 0 Å². The van der Waals surface area contributed by atoms with E-state index in [0.717, 1.165) is 52.1 Å². The number of rotatable bonds is 6. The fraction of sp³-hybridized carbons (Fsp3) is 0.320. The van der Waals surface area contributed by atoms with E-state index in [1.54, 1.807) is 17.8 Å². The first-order chi connectivity index (χ1) is 15.0. The number of esters is 1. The van der Waals surface area contributed by atoms with Gasteiger partial charge in [-0.2, -0.15) is 0 Å². The first-order valence-electron chi connectivity index (χ1n) is 10.6. The first kappa shape index (κ1) is 21.5. The molecule has 4 rings (SSSR count). The fourth-order valence-corrected chi connectivity index (χ4v) is 5.06. The molecule has 1 aliphatic heterocycles. The predicted octanol–water partition coefficient (Wildman–Crippen LogP) is 5.07. The number of aromatic nitrogens is 1. The molecule has 0 fully saturated rings. The third-order valence-electron chi connectivity index (χ3n) is 5.79. The van der Waals surface area contributed by atoms with Crippen LogP contribution in [0, 0.1) is 0 Å². The van der Waals surface area contributed by atoms with Gasteiger partial charge < -0.3 is 19.3 Å². The van der Waals surface area contributed by atoms with Gasteiger partial charge in [0, 0.05) is 52.9 Å². The third kappa shape index (κ3) is 4.36. The van der Waals surface area contributed by atoms with Crippen molar-refractivity contribution in [3.63, 3.8) is 0 Å². The second kappa shape index (κ2) is 9.20. The van der Waals surface area contributed by atoms with E-state index < -0.39 is 0 Å². The van der Waals surface area contributed by atoms with Gasteiger partial charge in [0.25, 0.3) is 0 Å². The van der Waals surface area contributed by atoms with Gasteiger partial charge in [0.2, 0.25) is 0 Å². The molecule has 2 aromatic carbocycles. The molecule has 0 saturated carbocycles. The zero-order valence-corrected chi connectivity index (χ0v) is 19.0. The molecule has 0 spiro atoms. The summed E-state index contributed by atoms with van der Waals surface area (Å²) in [6.07, 6.45) is 3.06. The summed E-state index contributed by atoms with van der Waals surface area (Å²) in [5.74, 6) is 0.497. The van der Waals surface area contributed by atoms with Crippen molar-refractivity contribution in [2.24, 2.45) is 7.05 Å². The lowest BCUT2D eigenvalue weighted by Gasteiger charge is -2.22. The van der Waals surface area contributed by atoms with E-state index in [0.29, 0.717) is 17.9 Å². The molecule has 0 radical (unpaired) electrons. The molecular formula is C25H28N2O3S. The normalized spacial score (nSPS) is 14.6. The lowest BCUT2D eigenvalue weighted by atomic mass is 9.97. The second-order valence-electron chi connectivity index (χ2n) is 7.83. The van der Waals surface area contributed by atoms with Crippen LogP contribution in [0.15, 0.2) is 53.4 Å². The molecule has 1 N–H and O–H groups in total. The van der Waals surface area contributed by atoms with Crippen LogP contribution in [-0.2, 0) is 17.5 Å². The standard InChI is InChI=1S/C25H28N2O3S/c1-4-30-25(29)24-20-15-23(28)19(17-10-12-26(2)13-11-17)14-21(20)27(3)22(24)16-31-18-8-6-5-7-9-18/h5-10,14-15,28H,4,11-13,16H2,1-3H3. The zero-order chi connectivity index (χ0) is 22.0. The van der Waals surface area contributed by atoms with Gasteiger partial charge in [-0.25, -0.2) is 4.79 Å². The number of fused-ring (bicyclic) bond motifs is 1. The highest BCUT2D eigenvalue weighted by Gasteiger charge is 2.25. The minimum absolute atomic E-state index is 0.210. The number of carbonyl (C=O) groups is 1. The molecule has 0 unspecified atom stereocenters. The van der Waals surface area contributed by atoms with Crippen LogP contribution >= 0.6 is 11.8 Å². The van der Waals surface area contributed by atoms with Gasteiger partial charge in [-0.3, -0.25) is 0 Å². The quantitative estimate of drug-likeness (QED) is 0.432. The number of hydrogen-bond donors (Lipinski definition) is 1. The smallest absolute Gasteiger partial charge is 0.340 e. The Bertz CT molecular complexity index is 1130. The minimum atomic E-state index is -0.345. The van der Waals surface area contributed by atoms with Crippen LogP contribution in [-0.4, -0.2) is 47.3 Å². The van der Waals surface area contributed by atoms with E-state index in [2.05, 4.69) is 34.7 Å². The lowest BCUT2D eigenvalue weighted by Crippen LogP contribution is -2.23. The Labute approximate surface area is 187 Å². The summed E-state index contributed by atoms with van der Waals surface area (Å²) in [6.45, 7) is 3.95. The maximum absolute atomic E-state index is 12.9. The molecule has 0 aliphatic carbocycles. The lowest BCUT2D eigenvalue weighted by molar-refractivity contribution is 0.0527. The molecule has 3 aromatic rings. The zero-order valence-electron chi connectivity index (χ0n) is 18.2. The highest BCUT2D eigenvalue weighted by Crippen LogP contribution is 2.38. The average molecular weight is 437 g/mol. The summed E-state index contributed by atoms with van der Waals surface area (Å²) in [5, 5.41) is 11.6. The second-order valence-corrected chi connectivity index (χ2v) is 8.88. The number of ether oxygens (including phenoxy) is 1. The van der Waals surface area contributed by atoms with E-state index >= 15 is 0 Å². The number of likely N-dealkylation sites (N-methyl/N-ethyl adjacent to an activating group) is 1. The molecule has 0 saturated heterocycles. The number of nitrogens with zero attached hydrogens (tertiary/aromatic N) is 2. The van der Waals surface area contributed by atoms with Gasteiger partial charge >= 0.3 is 5.97 Å². The van der Waals surface area contributed by atoms with Crippen LogP contribution in [0.3, 0.4) is 0 Å². The number of phenolic OH excluding ortho intramolecular Hbond substituents is 1. The average Bonchev–Trinajstić information content (AvgIpc) is 3.04. The summed E-state index contributed by atoms with van der Waals surface area (Å²) in [5.41, 5.74) is 4.37. The predicted molar refractivity (Wildman–Crippen MR) is 127 cm³/mol. The largest absolute Gasteiger partial charge is 0.507 e. The summed E-state index contributed by atoms with van der Waals surface area (Å²) < 4.78 is 7.45. The van der Waals surface area contributed by atoms with Crippen LogP contribution in [0.1, 0.15) is 35.0 Å². The summed E-state index contributed by atoms with van der Waals surface area (Å²) in [7, 11) is 4.08. The number of thioether (sulfide) groups is 1. The number of phenols is 1. The number of carbonyl (C=O) groups excluding carboxylic acids is 1. The Morgan fingerprint density at radius 1 is 1.19 bits per heavy atom. The maximum Gasteiger partial charge on any atom is 0.340 e. The molecule has 162 valence electrons. The van der Waals surface area contributed by atoms with E-state index in [-0.39, 0.29) is 11.7 Å². The molecule has 2 heterocycles. The number of aromatic hydroxyl groups is 1. The Morgan fingerprint density at radius 2 is 1.97 bits per heavy atom. The van der Waals surface area contributed by atoms with Crippen LogP contribution in [0.2, 0.25) is 0 Å². The molecule has 0 atom stereocenters. The molecule has 31 heavy (non-hydrogen) atoms. The van der Waals surface area contributed by atoms with E-state index in [4.69, 9.17) is 4.74 Å². The highest BCUT2D eigenvalue weighted by molar-refractivity contribution is 7.98. The van der Waals surface area contributed by atoms with E-state index in [1.807, 2.05) is 38.2 Å². The maximum atomic E-state index is 12.9. The topological polar surface area (TPSA) is 54.7 Å². The van der Waals surface area contributed by atoms with Crippen molar-refractivity contribution in [1.82, 2.24) is 9.47 Å². The third-order valence-corrected chi connectivity index (χ3v) is 6.82. The van der Waals surface area contributed by atoms with Crippen molar-refractivity contribution >= 4 is 34.2 Å². The molecule has 0 bridgehead atoms. The molecule has 1 aliphatic rings. The fourth-order valence-electron chi connectivity index (χ4n) is 4.06. The molecule has 1 aromatic heterocycles. The Balaban J connectivity index is 1.80. The van der Waals surface area contributed by atoms with Gasteiger partial charge in [-0.1, -0.05) is 24.3 Å². The van der Waals surface area contributed by atoms with Crippen LogP contribution < -0.4 is 0 Å². The van der Waals surface area contributed by atoms with Crippen molar-refractivity contribution in [2.45, 2.75) is 24.0 Å². The summed E-state index contributed by atoms with van der Waals surface area (Å²) >= 11 is 1.68. The number of benzene rings is 2. The van der Waals surface area contributed by atoms with Gasteiger partial charge in [0.05, 0.1) is 12.2 Å². The first-order valence-corrected chi connectivity index (χ1v) is 11.5. The van der Waals surface area contributed by atoms with Gasteiger partial charge in [0.15, 0.2) is 0 Å². The molecular weight excluding hydrogens is 408 g/mol. The Morgan fingerprint density at radius 3 is 2.65 bits per heavy atom. The van der Waals surface area contributed by atoms with E-state index in [1.165, 1.54) is 0 Å². The van der Waals surface area contributed by atoms with Gasteiger partial charge in [-0.05, 0) is 50.2 Å². The van der Waals surface area contributed by atoms with Crippen molar-refractivity contribution < 1.29 is 14.6 Å². The van der Waals surface area contributed by atoms with Crippen molar-refractivity contribution in [1.29, 1.82) is 0 Å². The van der Waals surface area contributed by atoms with Gasteiger partial charge in [-0.15, -0.1) is 11.8 Å². The Hall–Kier alpha value is -2.70. The Kier molecular flexibility index (Phi) is 6.39. The van der Waals surface area contributed by atoms with Crippen molar-refractivity contribution in [3.8, 4) is 5.75 Å². The van der Waals surface area contributed by atoms with Crippen molar-refractivity contribution in [3.05, 3.63) is 65.4 Å².